The predicted molar refractivity (Wildman–Crippen MR) is 149 cm³/mol. The van der Waals surface area contributed by atoms with Crippen molar-refractivity contribution in [1.29, 1.82) is 5.26 Å². The van der Waals surface area contributed by atoms with Crippen LogP contribution in [0.5, 0.6) is 0 Å². The molecule has 2 N–H and O–H groups in total. The second-order valence-electron chi connectivity index (χ2n) is 12.5. The van der Waals surface area contributed by atoms with E-state index >= 15 is 0 Å². The molecular formula is C29H45N3O4S. The van der Waals surface area contributed by atoms with E-state index in [0.29, 0.717) is 6.42 Å². The maximum atomic E-state index is 13.8. The lowest BCUT2D eigenvalue weighted by Gasteiger charge is -2.34. The maximum Gasteiger partial charge on any atom is 0.320 e. The van der Waals surface area contributed by atoms with E-state index in [2.05, 4.69) is 16.7 Å². The van der Waals surface area contributed by atoms with Crippen LogP contribution in [0.1, 0.15) is 81.2 Å². The Bertz CT molecular complexity index is 1000. The zero-order valence-corrected chi connectivity index (χ0v) is 25.1. The number of thioether (sulfide) groups is 1. The van der Waals surface area contributed by atoms with E-state index < -0.39 is 39.6 Å². The van der Waals surface area contributed by atoms with Gasteiger partial charge in [0, 0.05) is 11.9 Å². The number of carbonyl (C=O) groups excluding carboxylic acids is 3. The van der Waals surface area contributed by atoms with E-state index in [1.165, 1.54) is 18.8 Å². The van der Waals surface area contributed by atoms with Gasteiger partial charge < -0.3 is 15.4 Å². The first kappa shape index (κ1) is 32.5. The van der Waals surface area contributed by atoms with Crippen molar-refractivity contribution >= 4 is 29.5 Å². The molecule has 0 aliphatic heterocycles. The molecule has 0 fully saturated rings. The smallest absolute Gasteiger partial charge is 0.320 e. The van der Waals surface area contributed by atoms with Crippen molar-refractivity contribution < 1.29 is 19.1 Å². The van der Waals surface area contributed by atoms with E-state index in [4.69, 9.17) is 4.74 Å². The van der Waals surface area contributed by atoms with Gasteiger partial charge in [0.05, 0.1) is 17.4 Å². The average molecular weight is 532 g/mol. The normalized spacial score (nSPS) is 14.8. The zero-order chi connectivity index (χ0) is 28.8. The van der Waals surface area contributed by atoms with Gasteiger partial charge in [0.2, 0.25) is 11.8 Å². The van der Waals surface area contributed by atoms with Crippen molar-refractivity contribution in [1.82, 2.24) is 10.6 Å². The number of rotatable bonds is 10. The van der Waals surface area contributed by atoms with E-state index in [-0.39, 0.29) is 17.7 Å². The fraction of sp³-hybridized carbons (Fsp3) is 0.655. The van der Waals surface area contributed by atoms with E-state index in [1.807, 2.05) is 72.7 Å². The second kappa shape index (κ2) is 12.8. The Morgan fingerprint density at radius 1 is 1.03 bits per heavy atom. The summed E-state index contributed by atoms with van der Waals surface area (Å²) in [6.07, 6.45) is 0.427. The van der Waals surface area contributed by atoms with Crippen LogP contribution in [0, 0.1) is 28.6 Å². The van der Waals surface area contributed by atoms with Crippen LogP contribution in [0.3, 0.4) is 0 Å². The molecule has 1 rings (SSSR count). The topological polar surface area (TPSA) is 108 Å². The number of hydrogen-bond donors (Lipinski definition) is 2. The number of likely N-dealkylation sites (N-methyl/N-ethyl adjacent to an activating group) is 1. The van der Waals surface area contributed by atoms with E-state index in [0.717, 1.165) is 10.5 Å². The molecule has 37 heavy (non-hydrogen) atoms. The fourth-order valence-corrected chi connectivity index (χ4v) is 4.96. The van der Waals surface area contributed by atoms with Crippen LogP contribution in [0.25, 0.3) is 0 Å². The summed E-state index contributed by atoms with van der Waals surface area (Å²) in [5.74, 6) is -1.79. The van der Waals surface area contributed by atoms with Crippen molar-refractivity contribution in [3.8, 4) is 6.07 Å². The van der Waals surface area contributed by atoms with Crippen LogP contribution in [0.2, 0.25) is 0 Å². The number of nitriles is 1. The molecule has 0 aliphatic carbocycles. The van der Waals surface area contributed by atoms with Gasteiger partial charge in [0.1, 0.15) is 16.9 Å². The third-order valence-electron chi connectivity index (χ3n) is 5.83. The quantitative estimate of drug-likeness (QED) is 0.316. The van der Waals surface area contributed by atoms with Crippen LogP contribution in [-0.2, 0) is 24.5 Å². The van der Waals surface area contributed by atoms with Gasteiger partial charge in [-0.3, -0.25) is 14.4 Å². The van der Waals surface area contributed by atoms with Crippen molar-refractivity contribution in [2.75, 3.05) is 7.05 Å². The molecule has 0 heterocycles. The number of ether oxygens (including phenoxy) is 1. The number of carbonyl (C=O) groups is 3. The Morgan fingerprint density at radius 3 is 2.08 bits per heavy atom. The molecule has 0 unspecified atom stereocenters. The molecule has 0 aliphatic rings. The van der Waals surface area contributed by atoms with Crippen LogP contribution in [0.15, 0.2) is 29.2 Å². The number of esters is 1. The minimum Gasteiger partial charge on any atom is -0.459 e. The molecule has 3 atom stereocenters. The van der Waals surface area contributed by atoms with Gasteiger partial charge in [-0.05, 0) is 70.1 Å². The van der Waals surface area contributed by atoms with Gasteiger partial charge in [0.25, 0.3) is 0 Å². The molecule has 0 saturated heterocycles. The summed E-state index contributed by atoms with van der Waals surface area (Å²) in [7, 11) is 1.54. The Morgan fingerprint density at radius 2 is 1.62 bits per heavy atom. The van der Waals surface area contributed by atoms with Crippen LogP contribution < -0.4 is 10.6 Å². The van der Waals surface area contributed by atoms with Crippen molar-refractivity contribution in [3.05, 3.63) is 29.8 Å². The predicted octanol–water partition coefficient (Wildman–Crippen LogP) is 5.23. The van der Waals surface area contributed by atoms with Gasteiger partial charge in [-0.1, -0.05) is 46.8 Å². The standard InChI is InChI=1S/C29H45N3O4S/c1-18(2)15-21(24(33)32-23(25(34)31-11)27(3,4)5)22(26(35)36-28(6,7)8)37-20-14-12-13-19(16-20)29(9,10)17-30/h12-14,16,18,21-23H,15H2,1-11H3,(H,31,34)(H,32,33)/t21-,22+,23-/m1/s1. The van der Waals surface area contributed by atoms with Crippen LogP contribution in [-0.4, -0.2) is 41.7 Å². The molecular weight excluding hydrogens is 486 g/mol. The molecule has 0 saturated carbocycles. The summed E-state index contributed by atoms with van der Waals surface area (Å²) < 4.78 is 5.77. The van der Waals surface area contributed by atoms with Crippen LogP contribution >= 0.6 is 11.8 Å². The van der Waals surface area contributed by atoms with Crippen molar-refractivity contribution in [2.45, 2.75) is 103 Å². The summed E-state index contributed by atoms with van der Waals surface area (Å²) in [6.45, 7) is 18.7. The molecule has 0 aromatic heterocycles. The third-order valence-corrected chi connectivity index (χ3v) is 7.13. The monoisotopic (exact) mass is 531 g/mol. The molecule has 1 aromatic carbocycles. The van der Waals surface area contributed by atoms with Crippen molar-refractivity contribution in [2.24, 2.45) is 17.3 Å². The highest BCUT2D eigenvalue weighted by Crippen LogP contribution is 2.36. The lowest BCUT2D eigenvalue weighted by Crippen LogP contribution is -2.55. The molecule has 0 radical (unpaired) electrons. The Balaban J connectivity index is 3.55. The number of nitrogens with zero attached hydrogens (tertiary/aromatic N) is 1. The summed E-state index contributed by atoms with van der Waals surface area (Å²) in [5.41, 5.74) is -1.17. The molecule has 1 aromatic rings. The first-order valence-electron chi connectivity index (χ1n) is 12.8. The van der Waals surface area contributed by atoms with Gasteiger partial charge in [-0.15, -0.1) is 11.8 Å². The highest BCUT2D eigenvalue weighted by Gasteiger charge is 2.41. The van der Waals surface area contributed by atoms with E-state index in [1.54, 1.807) is 20.8 Å². The lowest BCUT2D eigenvalue weighted by atomic mass is 9.85. The van der Waals surface area contributed by atoms with Crippen molar-refractivity contribution in [3.63, 3.8) is 0 Å². The Hall–Kier alpha value is -2.53. The average Bonchev–Trinajstić information content (AvgIpc) is 2.77. The molecule has 0 bridgehead atoms. The number of benzene rings is 1. The van der Waals surface area contributed by atoms with Crippen LogP contribution in [0.4, 0.5) is 0 Å². The summed E-state index contributed by atoms with van der Waals surface area (Å²) in [6, 6.07) is 9.02. The summed E-state index contributed by atoms with van der Waals surface area (Å²) >= 11 is 1.26. The summed E-state index contributed by atoms with van der Waals surface area (Å²) in [5, 5.41) is 14.3. The molecule has 0 spiro atoms. The highest BCUT2D eigenvalue weighted by molar-refractivity contribution is 8.00. The first-order chi connectivity index (χ1) is 16.8. The van der Waals surface area contributed by atoms with Gasteiger partial charge in [-0.25, -0.2) is 0 Å². The van der Waals surface area contributed by atoms with E-state index in [9.17, 15) is 19.6 Å². The van der Waals surface area contributed by atoms with Gasteiger partial charge in [0.15, 0.2) is 0 Å². The lowest BCUT2D eigenvalue weighted by molar-refractivity contribution is -0.156. The zero-order valence-electron chi connectivity index (χ0n) is 24.3. The molecule has 8 heteroatoms. The number of nitrogens with one attached hydrogen (secondary N) is 2. The second-order valence-corrected chi connectivity index (χ2v) is 13.7. The van der Waals surface area contributed by atoms with Gasteiger partial charge >= 0.3 is 5.97 Å². The molecule has 206 valence electrons. The fourth-order valence-electron chi connectivity index (χ4n) is 3.77. The summed E-state index contributed by atoms with van der Waals surface area (Å²) in [4.78, 5) is 40.7. The Labute approximate surface area is 227 Å². The SMILES string of the molecule is CNC(=O)[C@@H](NC(=O)[C@H](CC(C)C)[C@H](Sc1cccc(C(C)(C)C#N)c1)C(=O)OC(C)(C)C)C(C)(C)C. The van der Waals surface area contributed by atoms with Gasteiger partial charge in [-0.2, -0.15) is 5.26 Å². The maximum absolute atomic E-state index is 13.8. The molecule has 2 amide bonds. The number of hydrogen-bond acceptors (Lipinski definition) is 6. The highest BCUT2D eigenvalue weighted by atomic mass is 32.2. The minimum absolute atomic E-state index is 0.109. The minimum atomic E-state index is -0.854. The Kier molecular flexibility index (Phi) is 11.3. The third kappa shape index (κ3) is 10.0. The first-order valence-corrected chi connectivity index (χ1v) is 13.6. The number of amides is 2. The largest absolute Gasteiger partial charge is 0.459 e. The molecule has 7 nitrogen and oxygen atoms in total.